The van der Waals surface area contributed by atoms with Crippen LogP contribution in [0.3, 0.4) is 0 Å². The van der Waals surface area contributed by atoms with Gasteiger partial charge in [-0.15, -0.1) is 0 Å². The first-order chi connectivity index (χ1) is 12.2. The van der Waals surface area contributed by atoms with Crippen LogP contribution in [0.1, 0.15) is 20.7 Å². The van der Waals surface area contributed by atoms with E-state index in [0.29, 0.717) is 0 Å². The van der Waals surface area contributed by atoms with Gasteiger partial charge in [-0.2, -0.15) is 0 Å². The molecule has 1 N–H and O–H groups in total. The van der Waals surface area contributed by atoms with Crippen LogP contribution in [0.4, 0.5) is 0 Å². The molecular weight excluding hydrogens is 388 g/mol. The summed E-state index contributed by atoms with van der Waals surface area (Å²) in [5.74, 6) is -2.52. The first-order valence-corrected chi connectivity index (χ1v) is 9.25. The van der Waals surface area contributed by atoms with E-state index in [1.165, 1.54) is 44.6 Å². The monoisotopic (exact) mass is 400 g/mol. The number of esters is 1. The predicted octanol–water partition coefficient (Wildman–Crippen LogP) is 2.55. The molecule has 0 aromatic heterocycles. The van der Waals surface area contributed by atoms with Gasteiger partial charge in [-0.05, 0) is 30.3 Å². The molecule has 2 aromatic carbocycles. The lowest BCUT2D eigenvalue weighted by molar-refractivity contribution is 0.0679. The van der Waals surface area contributed by atoms with Crippen molar-refractivity contribution in [2.24, 2.45) is 0 Å². The van der Waals surface area contributed by atoms with Gasteiger partial charge in [-0.25, -0.2) is 18.0 Å². The number of methoxy groups -OCH3 is 2. The zero-order valence-electron chi connectivity index (χ0n) is 13.6. The molecule has 0 aliphatic rings. The fourth-order valence-electron chi connectivity index (χ4n) is 2.13. The summed E-state index contributed by atoms with van der Waals surface area (Å²) in [6, 6.07) is 7.39. The van der Waals surface area contributed by atoms with E-state index in [1.807, 2.05) is 0 Å². The molecule has 0 heterocycles. The van der Waals surface area contributed by atoms with Crippen molar-refractivity contribution < 1.29 is 37.3 Å². The van der Waals surface area contributed by atoms with Crippen LogP contribution in [0.2, 0.25) is 0 Å². The van der Waals surface area contributed by atoms with Gasteiger partial charge in [-0.3, -0.25) is 0 Å². The van der Waals surface area contributed by atoms with Crippen LogP contribution < -0.4 is 14.2 Å². The van der Waals surface area contributed by atoms with E-state index < -0.39 is 21.0 Å². The molecule has 0 aliphatic heterocycles. The summed E-state index contributed by atoms with van der Waals surface area (Å²) in [5, 5.41) is 9.16. The zero-order chi connectivity index (χ0) is 19.5. The Bertz CT molecular complexity index is 968. The molecule has 0 spiro atoms. The zero-order valence-corrected chi connectivity index (χ0v) is 15.1. The fraction of sp³-hybridized carbons (Fsp3) is 0.125. The van der Waals surface area contributed by atoms with E-state index in [2.05, 4.69) is 0 Å². The van der Waals surface area contributed by atoms with E-state index >= 15 is 0 Å². The average molecular weight is 401 g/mol. The second-order valence-electron chi connectivity index (χ2n) is 4.83. The Kier molecular flexibility index (Phi) is 5.73. The summed E-state index contributed by atoms with van der Waals surface area (Å²) in [5.41, 5.74) is -0.418. The minimum absolute atomic E-state index is 0.0485. The Morgan fingerprint density at radius 1 is 1.00 bits per heavy atom. The van der Waals surface area contributed by atoms with E-state index in [0.717, 1.165) is 6.07 Å². The van der Waals surface area contributed by atoms with Crippen LogP contribution in [0.25, 0.3) is 0 Å². The van der Waals surface area contributed by atoms with E-state index in [1.54, 1.807) is 0 Å². The second kappa shape index (κ2) is 7.63. The number of aromatic carboxylic acids is 1. The normalized spacial score (nSPS) is 10.9. The molecule has 26 heavy (non-hydrogen) atoms. The lowest BCUT2D eigenvalue weighted by Crippen LogP contribution is -2.12. The molecule has 0 saturated heterocycles. The molecule has 2 aromatic rings. The van der Waals surface area contributed by atoms with Crippen molar-refractivity contribution in [2.75, 3.05) is 14.2 Å². The van der Waals surface area contributed by atoms with Gasteiger partial charge in [0.1, 0.15) is 16.9 Å². The minimum Gasteiger partial charge on any atom is -0.496 e. The summed E-state index contributed by atoms with van der Waals surface area (Å²) >= 11 is 0. The fourth-order valence-corrected chi connectivity index (χ4v) is 2.91. The highest BCUT2D eigenvalue weighted by molar-refractivity contribution is 8.13. The smallest absolute Gasteiger partial charge is 0.347 e. The van der Waals surface area contributed by atoms with Gasteiger partial charge in [0.25, 0.3) is 9.05 Å². The number of hydrogen-bond donors (Lipinski definition) is 1. The summed E-state index contributed by atoms with van der Waals surface area (Å²) in [4.78, 5) is 23.4. The maximum absolute atomic E-state index is 12.5. The third kappa shape index (κ3) is 4.06. The molecule has 0 unspecified atom stereocenters. The quantitative estimate of drug-likeness (QED) is 0.446. The van der Waals surface area contributed by atoms with Crippen LogP contribution in [-0.4, -0.2) is 39.7 Å². The first kappa shape index (κ1) is 19.5. The van der Waals surface area contributed by atoms with Crippen LogP contribution in [0.5, 0.6) is 17.2 Å². The van der Waals surface area contributed by atoms with Crippen molar-refractivity contribution in [3.05, 3.63) is 47.5 Å². The van der Waals surface area contributed by atoms with Crippen LogP contribution in [0.15, 0.2) is 41.3 Å². The number of hydrogen-bond acceptors (Lipinski definition) is 7. The van der Waals surface area contributed by atoms with Crippen molar-refractivity contribution >= 4 is 31.7 Å². The van der Waals surface area contributed by atoms with Crippen LogP contribution in [0, 0.1) is 0 Å². The highest BCUT2D eigenvalue weighted by Gasteiger charge is 2.23. The predicted molar refractivity (Wildman–Crippen MR) is 90.9 cm³/mol. The number of carbonyl (C=O) groups excluding carboxylic acids is 1. The minimum atomic E-state index is -4.08. The Hall–Kier alpha value is -2.78. The molecule has 2 rings (SSSR count). The molecule has 138 valence electrons. The highest BCUT2D eigenvalue weighted by atomic mass is 35.7. The molecular formula is C16H13ClO8S. The molecule has 0 atom stereocenters. The first-order valence-electron chi connectivity index (χ1n) is 6.94. The number of halogens is 1. The van der Waals surface area contributed by atoms with Crippen LogP contribution >= 0.6 is 10.7 Å². The lowest BCUT2D eigenvalue weighted by Gasteiger charge is -2.13. The molecule has 10 heteroatoms. The molecule has 0 radical (unpaired) electrons. The Morgan fingerprint density at radius 3 is 2.23 bits per heavy atom. The lowest BCUT2D eigenvalue weighted by atomic mass is 10.1. The third-order valence-corrected chi connectivity index (χ3v) is 4.64. The Balaban J connectivity index is 2.48. The molecule has 8 nitrogen and oxygen atoms in total. The van der Waals surface area contributed by atoms with Gasteiger partial charge >= 0.3 is 11.9 Å². The van der Waals surface area contributed by atoms with Gasteiger partial charge < -0.3 is 19.3 Å². The number of ether oxygens (including phenoxy) is 3. The van der Waals surface area contributed by atoms with E-state index in [9.17, 15) is 18.0 Å². The molecule has 0 bridgehead atoms. The number of benzene rings is 2. The maximum Gasteiger partial charge on any atom is 0.347 e. The van der Waals surface area contributed by atoms with Gasteiger partial charge in [0, 0.05) is 10.7 Å². The highest BCUT2D eigenvalue weighted by Crippen LogP contribution is 2.33. The molecule has 0 aliphatic carbocycles. The van der Waals surface area contributed by atoms with Crippen LogP contribution in [-0.2, 0) is 9.05 Å². The maximum atomic E-state index is 12.5. The molecule has 0 saturated carbocycles. The van der Waals surface area contributed by atoms with Crippen molar-refractivity contribution in [3.63, 3.8) is 0 Å². The Morgan fingerprint density at radius 2 is 1.69 bits per heavy atom. The SMILES string of the molecule is COc1ccc(S(=O)(=O)Cl)cc1C(=O)Oc1cccc(C(=O)O)c1OC. The van der Waals surface area contributed by atoms with Crippen molar-refractivity contribution in [1.29, 1.82) is 0 Å². The number of carboxylic acid groups (broad SMARTS) is 1. The summed E-state index contributed by atoms with van der Waals surface area (Å²) in [6.45, 7) is 0. The van der Waals surface area contributed by atoms with Gasteiger partial charge in [0.05, 0.1) is 19.1 Å². The number of rotatable bonds is 6. The summed E-state index contributed by atoms with van der Waals surface area (Å²) in [7, 11) is 3.71. The largest absolute Gasteiger partial charge is 0.496 e. The standard InChI is InChI=1S/C16H13ClO8S/c1-23-12-7-6-9(26(17,21)22)8-11(12)16(20)25-13-5-3-4-10(15(18)19)14(13)24-2/h3-8H,1-2H3,(H,18,19). The summed E-state index contributed by atoms with van der Waals surface area (Å²) < 4.78 is 38.2. The Labute approximate surface area is 153 Å². The number of carbonyl (C=O) groups is 2. The molecule has 0 fully saturated rings. The number of para-hydroxylation sites is 1. The number of carboxylic acids is 1. The van der Waals surface area contributed by atoms with Crippen molar-refractivity contribution in [3.8, 4) is 17.2 Å². The average Bonchev–Trinajstić information content (AvgIpc) is 2.59. The third-order valence-electron chi connectivity index (χ3n) is 3.29. The summed E-state index contributed by atoms with van der Waals surface area (Å²) in [6.07, 6.45) is 0. The second-order valence-corrected chi connectivity index (χ2v) is 7.40. The van der Waals surface area contributed by atoms with E-state index in [4.69, 9.17) is 30.0 Å². The van der Waals surface area contributed by atoms with Gasteiger partial charge in [0.15, 0.2) is 11.5 Å². The molecule has 0 amide bonds. The van der Waals surface area contributed by atoms with Crippen molar-refractivity contribution in [1.82, 2.24) is 0 Å². The topological polar surface area (TPSA) is 116 Å². The van der Waals surface area contributed by atoms with E-state index in [-0.39, 0.29) is 33.3 Å². The van der Waals surface area contributed by atoms with Crippen molar-refractivity contribution in [2.45, 2.75) is 4.90 Å². The van der Waals surface area contributed by atoms with Gasteiger partial charge in [0.2, 0.25) is 0 Å². The van der Waals surface area contributed by atoms with Gasteiger partial charge in [-0.1, -0.05) is 6.07 Å².